The van der Waals surface area contributed by atoms with E-state index >= 15 is 0 Å². The number of benzene rings is 1. The van der Waals surface area contributed by atoms with E-state index in [9.17, 15) is 18.5 Å². The largest absolute Gasteiger partial charge is 0.338 e. The van der Waals surface area contributed by atoms with Gasteiger partial charge < -0.3 is 10.3 Å². The Hall–Kier alpha value is -3.16. The Labute approximate surface area is 204 Å². The average molecular weight is 495 g/mol. The summed E-state index contributed by atoms with van der Waals surface area (Å²) in [5, 5.41) is 17.6. The summed E-state index contributed by atoms with van der Waals surface area (Å²) in [6.07, 6.45) is 5.87. The van der Waals surface area contributed by atoms with Gasteiger partial charge in [0.2, 0.25) is 10.0 Å². The van der Waals surface area contributed by atoms with Crippen LogP contribution in [0.15, 0.2) is 46.2 Å². The SMILES string of the molecule is CC1(C)CCCN(S(=O)(=O)c2ccc(Nc3nn(C(CC#N)C4CC4)c4cc[nH]c(=O)c34)cc2)C1. The van der Waals surface area contributed by atoms with Crippen LogP contribution in [0.5, 0.6) is 0 Å². The fourth-order valence-corrected chi connectivity index (χ4v) is 6.70. The van der Waals surface area contributed by atoms with Crippen LogP contribution in [0, 0.1) is 22.7 Å². The van der Waals surface area contributed by atoms with Crippen LogP contribution in [-0.4, -0.2) is 40.6 Å². The maximum absolute atomic E-state index is 13.2. The number of aromatic amines is 1. The number of nitriles is 1. The number of hydrogen-bond donors (Lipinski definition) is 2. The Morgan fingerprint density at radius 3 is 2.66 bits per heavy atom. The number of piperidine rings is 1. The number of hydrogen-bond acceptors (Lipinski definition) is 6. The minimum Gasteiger partial charge on any atom is -0.338 e. The van der Waals surface area contributed by atoms with Crippen LogP contribution < -0.4 is 10.9 Å². The highest BCUT2D eigenvalue weighted by molar-refractivity contribution is 7.89. The van der Waals surface area contributed by atoms with Crippen LogP contribution in [0.4, 0.5) is 11.5 Å². The summed E-state index contributed by atoms with van der Waals surface area (Å²) in [5.41, 5.74) is 0.995. The highest BCUT2D eigenvalue weighted by Crippen LogP contribution is 2.43. The van der Waals surface area contributed by atoms with Crippen molar-refractivity contribution in [3.8, 4) is 6.07 Å². The molecule has 1 aromatic carbocycles. The Balaban J connectivity index is 1.44. The Morgan fingerprint density at radius 2 is 2.00 bits per heavy atom. The first-order chi connectivity index (χ1) is 16.7. The Morgan fingerprint density at radius 1 is 1.26 bits per heavy atom. The summed E-state index contributed by atoms with van der Waals surface area (Å²) < 4.78 is 29.8. The van der Waals surface area contributed by atoms with E-state index in [1.165, 1.54) is 0 Å². The van der Waals surface area contributed by atoms with Crippen LogP contribution in [0.3, 0.4) is 0 Å². The minimum absolute atomic E-state index is 0.0381. The topological polar surface area (TPSA) is 124 Å². The highest BCUT2D eigenvalue weighted by atomic mass is 32.2. The molecule has 1 saturated heterocycles. The van der Waals surface area contributed by atoms with Gasteiger partial charge in [-0.1, -0.05) is 13.8 Å². The zero-order valence-electron chi connectivity index (χ0n) is 20.0. The van der Waals surface area contributed by atoms with Gasteiger partial charge in [-0.3, -0.25) is 9.48 Å². The van der Waals surface area contributed by atoms with Crippen molar-refractivity contribution in [3.63, 3.8) is 0 Å². The van der Waals surface area contributed by atoms with E-state index in [1.807, 2.05) is 0 Å². The predicted molar refractivity (Wildman–Crippen MR) is 134 cm³/mol. The number of sulfonamides is 1. The fourth-order valence-electron chi connectivity index (χ4n) is 5.04. The highest BCUT2D eigenvalue weighted by Gasteiger charge is 2.35. The van der Waals surface area contributed by atoms with Gasteiger partial charge in [-0.25, -0.2) is 8.42 Å². The summed E-state index contributed by atoms with van der Waals surface area (Å²) in [7, 11) is -3.58. The molecule has 2 aromatic heterocycles. The molecule has 5 rings (SSSR count). The van der Waals surface area contributed by atoms with Gasteiger partial charge in [-0.05, 0) is 67.3 Å². The summed E-state index contributed by atoms with van der Waals surface area (Å²) in [6, 6.07) is 10.5. The third-order valence-electron chi connectivity index (χ3n) is 7.03. The molecule has 1 unspecified atom stereocenters. The van der Waals surface area contributed by atoms with Crippen molar-refractivity contribution < 1.29 is 8.42 Å². The maximum atomic E-state index is 13.2. The van der Waals surface area contributed by atoms with Gasteiger partial charge in [0, 0.05) is 25.0 Å². The maximum Gasteiger partial charge on any atom is 0.261 e. The van der Waals surface area contributed by atoms with E-state index in [-0.39, 0.29) is 21.9 Å². The Kier molecular flexibility index (Phi) is 5.93. The molecule has 9 nitrogen and oxygen atoms in total. The number of fused-ring (bicyclic) bond motifs is 1. The third kappa shape index (κ3) is 4.58. The fraction of sp³-hybridized carbons (Fsp3) is 0.480. The molecule has 0 spiro atoms. The molecule has 0 bridgehead atoms. The molecule has 1 saturated carbocycles. The number of anilines is 2. The molecule has 2 N–H and O–H groups in total. The molecule has 3 aromatic rings. The molecule has 0 amide bonds. The lowest BCUT2D eigenvalue weighted by atomic mass is 9.85. The van der Waals surface area contributed by atoms with Crippen LogP contribution in [0.25, 0.3) is 10.9 Å². The average Bonchev–Trinajstić information content (AvgIpc) is 3.59. The normalized spacial score (nSPS) is 19.3. The van der Waals surface area contributed by atoms with Gasteiger partial charge in [-0.2, -0.15) is 14.7 Å². The molecular weight excluding hydrogens is 464 g/mol. The standard InChI is InChI=1S/C25H30N6O3S/c1-25(2)12-3-15-30(16-25)35(33,34)19-8-6-18(7-9-19)28-23-22-21(11-14-27-24(22)32)31(29-23)20(10-13-26)17-4-5-17/h6-9,11,14,17,20H,3-5,10,12,15-16H2,1-2H3,(H,27,32)(H,28,29). The molecule has 1 aliphatic carbocycles. The van der Waals surface area contributed by atoms with Crippen LogP contribution in [-0.2, 0) is 10.0 Å². The molecule has 1 aliphatic heterocycles. The van der Waals surface area contributed by atoms with E-state index in [2.05, 4.69) is 30.2 Å². The lowest BCUT2D eigenvalue weighted by molar-refractivity contribution is 0.187. The van der Waals surface area contributed by atoms with Crippen molar-refractivity contribution >= 4 is 32.4 Å². The van der Waals surface area contributed by atoms with E-state index in [4.69, 9.17) is 5.10 Å². The number of aromatic nitrogens is 3. The van der Waals surface area contributed by atoms with E-state index in [1.54, 1.807) is 45.5 Å². The van der Waals surface area contributed by atoms with Crippen LogP contribution in [0.1, 0.15) is 52.0 Å². The minimum atomic E-state index is -3.58. The van der Waals surface area contributed by atoms with Crippen molar-refractivity contribution in [1.29, 1.82) is 5.26 Å². The van der Waals surface area contributed by atoms with Crippen molar-refractivity contribution in [3.05, 3.63) is 46.9 Å². The number of nitrogens with zero attached hydrogens (tertiary/aromatic N) is 4. The molecule has 0 radical (unpaired) electrons. The second-order valence-electron chi connectivity index (χ2n) is 10.4. The first kappa shape index (κ1) is 23.6. The summed E-state index contributed by atoms with van der Waals surface area (Å²) in [6.45, 7) is 5.23. The number of nitrogens with one attached hydrogen (secondary N) is 2. The van der Waals surface area contributed by atoms with Crippen LogP contribution in [0.2, 0.25) is 0 Å². The van der Waals surface area contributed by atoms with Gasteiger partial charge >= 0.3 is 0 Å². The smallest absolute Gasteiger partial charge is 0.261 e. The van der Waals surface area contributed by atoms with Gasteiger partial charge in [0.05, 0.1) is 28.9 Å². The number of pyridine rings is 1. The van der Waals surface area contributed by atoms with Gasteiger partial charge in [-0.15, -0.1) is 0 Å². The lowest BCUT2D eigenvalue weighted by Gasteiger charge is -2.37. The molecule has 1 atom stereocenters. The Bertz CT molecular complexity index is 1450. The van der Waals surface area contributed by atoms with E-state index in [0.29, 0.717) is 47.8 Å². The van der Waals surface area contributed by atoms with E-state index in [0.717, 1.165) is 25.7 Å². The molecular formula is C25H30N6O3S. The van der Waals surface area contributed by atoms with Gasteiger partial charge in [0.15, 0.2) is 5.82 Å². The summed E-state index contributed by atoms with van der Waals surface area (Å²) in [4.78, 5) is 15.6. The number of rotatable bonds is 7. The predicted octanol–water partition coefficient (Wildman–Crippen LogP) is 4.14. The van der Waals surface area contributed by atoms with E-state index < -0.39 is 10.0 Å². The first-order valence-electron chi connectivity index (χ1n) is 12.0. The second kappa shape index (κ2) is 8.81. The van der Waals surface area contributed by atoms with Crippen molar-refractivity contribution in [1.82, 2.24) is 19.1 Å². The van der Waals surface area contributed by atoms with Crippen molar-refractivity contribution in [2.75, 3.05) is 18.4 Å². The molecule has 2 aliphatic rings. The summed E-state index contributed by atoms with van der Waals surface area (Å²) in [5.74, 6) is 0.771. The molecule has 10 heteroatoms. The molecule has 3 heterocycles. The number of H-pyrrole nitrogens is 1. The second-order valence-corrected chi connectivity index (χ2v) is 12.3. The van der Waals surface area contributed by atoms with Gasteiger partial charge in [0.1, 0.15) is 5.39 Å². The zero-order chi connectivity index (χ0) is 24.8. The third-order valence-corrected chi connectivity index (χ3v) is 8.89. The molecule has 35 heavy (non-hydrogen) atoms. The molecule has 2 fully saturated rings. The quantitative estimate of drug-likeness (QED) is 0.509. The lowest BCUT2D eigenvalue weighted by Crippen LogP contribution is -2.43. The van der Waals surface area contributed by atoms with Crippen molar-refractivity contribution in [2.45, 2.75) is 56.9 Å². The monoisotopic (exact) mass is 494 g/mol. The van der Waals surface area contributed by atoms with Gasteiger partial charge in [0.25, 0.3) is 5.56 Å². The zero-order valence-corrected chi connectivity index (χ0v) is 20.8. The van der Waals surface area contributed by atoms with Crippen LogP contribution >= 0.6 is 0 Å². The molecule has 184 valence electrons. The first-order valence-corrected chi connectivity index (χ1v) is 13.5. The summed E-state index contributed by atoms with van der Waals surface area (Å²) >= 11 is 0. The van der Waals surface area contributed by atoms with Crippen molar-refractivity contribution in [2.24, 2.45) is 11.3 Å².